The largest absolute Gasteiger partial charge is 0.493 e. The Kier molecular flexibility index (Phi) is 3.74. The first-order chi connectivity index (χ1) is 8.30. The molecule has 0 unspecified atom stereocenters. The number of ether oxygens (including phenoxy) is 1. The fraction of sp³-hybridized carbons (Fsp3) is 0.538. The Morgan fingerprint density at radius 3 is 2.82 bits per heavy atom. The zero-order chi connectivity index (χ0) is 12.3. The highest BCUT2D eigenvalue weighted by Crippen LogP contribution is 2.37. The number of nitrogens with two attached hydrogens (primary N) is 1. The maximum atomic E-state index is 5.30. The summed E-state index contributed by atoms with van der Waals surface area (Å²) in [6, 6.07) is 4.03. The molecule has 1 heterocycles. The van der Waals surface area contributed by atoms with Crippen LogP contribution < -0.4 is 20.4 Å². The van der Waals surface area contributed by atoms with Crippen LogP contribution in [0.2, 0.25) is 0 Å². The van der Waals surface area contributed by atoms with E-state index in [1.807, 2.05) is 12.1 Å². The molecule has 0 bridgehead atoms. The monoisotopic (exact) mass is 236 g/mol. The summed E-state index contributed by atoms with van der Waals surface area (Å²) in [4.78, 5) is 7.26. The van der Waals surface area contributed by atoms with Gasteiger partial charge in [-0.1, -0.05) is 6.92 Å². The van der Waals surface area contributed by atoms with Gasteiger partial charge in [0.15, 0.2) is 11.5 Å². The Hall–Kier alpha value is -1.42. The van der Waals surface area contributed by atoms with Gasteiger partial charge in [-0.3, -0.25) is 0 Å². The second-order valence-electron chi connectivity index (χ2n) is 4.34. The highest BCUT2D eigenvalue weighted by atomic mass is 16.6. The molecule has 0 aliphatic carbocycles. The van der Waals surface area contributed by atoms with Gasteiger partial charge < -0.3 is 14.5 Å². The molecule has 1 aromatic rings. The standard InChI is InChI=1S/C13H20N2O2/c1-3-6-15-7-4-5-10-8-13(17-14)12(16-2)9-11(10)15/h8-9H,3-7,14H2,1-2H3. The van der Waals surface area contributed by atoms with Crippen molar-refractivity contribution >= 4 is 5.69 Å². The quantitative estimate of drug-likeness (QED) is 0.813. The summed E-state index contributed by atoms with van der Waals surface area (Å²) >= 11 is 0. The van der Waals surface area contributed by atoms with Crippen LogP contribution in [0.25, 0.3) is 0 Å². The zero-order valence-electron chi connectivity index (χ0n) is 10.5. The third-order valence-corrected chi connectivity index (χ3v) is 3.20. The van der Waals surface area contributed by atoms with Crippen LogP contribution in [0.1, 0.15) is 25.3 Å². The number of anilines is 1. The molecule has 0 atom stereocenters. The van der Waals surface area contributed by atoms with E-state index >= 15 is 0 Å². The van der Waals surface area contributed by atoms with Gasteiger partial charge in [-0.25, -0.2) is 0 Å². The van der Waals surface area contributed by atoms with Gasteiger partial charge in [0.05, 0.1) is 7.11 Å². The Labute approximate surface area is 102 Å². The summed E-state index contributed by atoms with van der Waals surface area (Å²) in [7, 11) is 1.64. The number of hydrogen-bond acceptors (Lipinski definition) is 4. The molecule has 0 saturated heterocycles. The minimum atomic E-state index is 0.615. The van der Waals surface area contributed by atoms with Crippen LogP contribution in [0.4, 0.5) is 5.69 Å². The van der Waals surface area contributed by atoms with Crippen molar-refractivity contribution < 1.29 is 9.57 Å². The van der Waals surface area contributed by atoms with E-state index in [-0.39, 0.29) is 0 Å². The second kappa shape index (κ2) is 5.27. The molecule has 4 nitrogen and oxygen atoms in total. The van der Waals surface area contributed by atoms with Gasteiger partial charge in [-0.15, -0.1) is 0 Å². The normalized spacial score (nSPS) is 14.4. The first kappa shape index (κ1) is 12.0. The molecule has 0 fully saturated rings. The van der Waals surface area contributed by atoms with Crippen LogP contribution in [0.15, 0.2) is 12.1 Å². The summed E-state index contributed by atoms with van der Waals surface area (Å²) < 4.78 is 5.30. The zero-order valence-corrected chi connectivity index (χ0v) is 10.5. The molecule has 0 spiro atoms. The van der Waals surface area contributed by atoms with Crippen molar-refractivity contribution in [2.45, 2.75) is 26.2 Å². The number of aryl methyl sites for hydroxylation is 1. The molecule has 2 rings (SSSR count). The van der Waals surface area contributed by atoms with Gasteiger partial charge in [0.25, 0.3) is 0 Å². The molecule has 1 aromatic carbocycles. The molecule has 4 heteroatoms. The first-order valence-corrected chi connectivity index (χ1v) is 6.12. The molecule has 0 radical (unpaired) electrons. The average molecular weight is 236 g/mol. The van der Waals surface area contributed by atoms with E-state index in [1.54, 1.807) is 7.11 Å². The SMILES string of the molecule is CCCN1CCCc2cc(ON)c(OC)cc21. The predicted octanol–water partition coefficient (Wildman–Crippen LogP) is 2.11. The molecular weight excluding hydrogens is 216 g/mol. The molecule has 0 amide bonds. The van der Waals surface area contributed by atoms with E-state index in [4.69, 9.17) is 15.5 Å². The lowest BCUT2D eigenvalue weighted by Gasteiger charge is -2.31. The van der Waals surface area contributed by atoms with Crippen LogP contribution in [0, 0.1) is 0 Å². The van der Waals surface area contributed by atoms with Gasteiger partial charge in [0.1, 0.15) is 0 Å². The van der Waals surface area contributed by atoms with Crippen LogP contribution in [0.3, 0.4) is 0 Å². The summed E-state index contributed by atoms with van der Waals surface area (Å²) in [5.41, 5.74) is 2.56. The first-order valence-electron chi connectivity index (χ1n) is 6.12. The van der Waals surface area contributed by atoms with Gasteiger partial charge in [-0.2, -0.15) is 5.90 Å². The maximum Gasteiger partial charge on any atom is 0.189 e. The van der Waals surface area contributed by atoms with Crippen molar-refractivity contribution in [1.29, 1.82) is 0 Å². The number of hydrogen-bond donors (Lipinski definition) is 1. The third-order valence-electron chi connectivity index (χ3n) is 3.20. The fourth-order valence-electron chi connectivity index (χ4n) is 2.42. The molecular formula is C13H20N2O2. The van der Waals surface area contributed by atoms with E-state index in [0.717, 1.165) is 25.9 Å². The topological polar surface area (TPSA) is 47.7 Å². The average Bonchev–Trinajstić information content (AvgIpc) is 2.38. The van der Waals surface area contributed by atoms with Gasteiger partial charge >= 0.3 is 0 Å². The van der Waals surface area contributed by atoms with Gasteiger partial charge in [0, 0.05) is 24.8 Å². The van der Waals surface area contributed by atoms with Crippen LogP contribution >= 0.6 is 0 Å². The van der Waals surface area contributed by atoms with E-state index in [2.05, 4.69) is 11.8 Å². The molecule has 0 saturated carbocycles. The molecule has 1 aliphatic rings. The molecule has 1 aliphatic heterocycles. The number of rotatable bonds is 4. The number of nitrogens with zero attached hydrogens (tertiary/aromatic N) is 1. The third kappa shape index (κ3) is 2.31. The lowest BCUT2D eigenvalue weighted by Crippen LogP contribution is -2.30. The second-order valence-corrected chi connectivity index (χ2v) is 4.34. The van der Waals surface area contributed by atoms with E-state index in [0.29, 0.717) is 11.5 Å². The Bertz CT molecular complexity index is 393. The van der Waals surface area contributed by atoms with Crippen LogP contribution in [0.5, 0.6) is 11.5 Å². The van der Waals surface area contributed by atoms with Crippen molar-refractivity contribution in [3.8, 4) is 11.5 Å². The lowest BCUT2D eigenvalue weighted by atomic mass is 10.0. The van der Waals surface area contributed by atoms with Crippen molar-refractivity contribution in [3.05, 3.63) is 17.7 Å². The Morgan fingerprint density at radius 1 is 1.35 bits per heavy atom. The molecule has 17 heavy (non-hydrogen) atoms. The Morgan fingerprint density at radius 2 is 2.18 bits per heavy atom. The number of fused-ring (bicyclic) bond motifs is 1. The number of methoxy groups -OCH3 is 1. The predicted molar refractivity (Wildman–Crippen MR) is 68.6 cm³/mol. The molecule has 94 valence electrons. The van der Waals surface area contributed by atoms with Crippen LogP contribution in [-0.2, 0) is 6.42 Å². The minimum absolute atomic E-state index is 0.615. The number of benzene rings is 1. The smallest absolute Gasteiger partial charge is 0.189 e. The summed E-state index contributed by atoms with van der Waals surface area (Å²) in [6.45, 7) is 4.40. The van der Waals surface area contributed by atoms with Crippen LogP contribution in [-0.4, -0.2) is 20.2 Å². The van der Waals surface area contributed by atoms with Gasteiger partial charge in [-0.05, 0) is 30.9 Å². The maximum absolute atomic E-state index is 5.30. The highest BCUT2D eigenvalue weighted by molar-refractivity contribution is 5.63. The summed E-state index contributed by atoms with van der Waals surface area (Å²) in [5.74, 6) is 6.58. The van der Waals surface area contributed by atoms with Crippen molar-refractivity contribution in [2.75, 3.05) is 25.1 Å². The van der Waals surface area contributed by atoms with Crippen molar-refractivity contribution in [3.63, 3.8) is 0 Å². The van der Waals surface area contributed by atoms with E-state index < -0.39 is 0 Å². The molecule has 2 N–H and O–H groups in total. The van der Waals surface area contributed by atoms with Crippen molar-refractivity contribution in [1.82, 2.24) is 0 Å². The minimum Gasteiger partial charge on any atom is -0.493 e. The lowest BCUT2D eigenvalue weighted by molar-refractivity contribution is 0.305. The highest BCUT2D eigenvalue weighted by Gasteiger charge is 2.19. The van der Waals surface area contributed by atoms with Gasteiger partial charge in [0.2, 0.25) is 0 Å². The summed E-state index contributed by atoms with van der Waals surface area (Å²) in [5, 5.41) is 0. The molecule has 0 aromatic heterocycles. The summed E-state index contributed by atoms with van der Waals surface area (Å²) in [6.07, 6.45) is 3.41. The van der Waals surface area contributed by atoms with E-state index in [1.165, 1.54) is 17.7 Å². The Balaban J connectivity index is 2.39. The van der Waals surface area contributed by atoms with Crippen molar-refractivity contribution in [2.24, 2.45) is 5.90 Å². The fourth-order valence-corrected chi connectivity index (χ4v) is 2.42. The van der Waals surface area contributed by atoms with E-state index in [9.17, 15) is 0 Å².